The van der Waals surface area contributed by atoms with Gasteiger partial charge in [0.15, 0.2) is 0 Å². The SMILES string of the molecule is CCCCCCCCCCCCNC(=O)NCCC=O. The number of rotatable bonds is 14. The van der Waals surface area contributed by atoms with Crippen molar-refractivity contribution in [3.05, 3.63) is 0 Å². The van der Waals surface area contributed by atoms with Crippen LogP contribution in [-0.2, 0) is 4.79 Å². The van der Waals surface area contributed by atoms with Crippen molar-refractivity contribution < 1.29 is 9.59 Å². The molecule has 118 valence electrons. The Kier molecular flexibility index (Phi) is 15.1. The van der Waals surface area contributed by atoms with Crippen molar-refractivity contribution in [3.8, 4) is 0 Å². The van der Waals surface area contributed by atoms with Gasteiger partial charge in [0.1, 0.15) is 6.29 Å². The van der Waals surface area contributed by atoms with Crippen molar-refractivity contribution >= 4 is 12.3 Å². The van der Waals surface area contributed by atoms with Crippen LogP contribution in [0.5, 0.6) is 0 Å². The third-order valence-electron chi connectivity index (χ3n) is 3.36. The first-order chi connectivity index (χ1) is 9.81. The molecule has 0 aliphatic heterocycles. The molecule has 0 aromatic carbocycles. The van der Waals surface area contributed by atoms with Crippen LogP contribution in [0.15, 0.2) is 0 Å². The molecule has 4 heteroatoms. The number of unbranched alkanes of at least 4 members (excludes halogenated alkanes) is 9. The largest absolute Gasteiger partial charge is 0.338 e. The van der Waals surface area contributed by atoms with Crippen LogP contribution in [0.3, 0.4) is 0 Å². The molecule has 0 rings (SSSR count). The van der Waals surface area contributed by atoms with Gasteiger partial charge in [-0.1, -0.05) is 64.7 Å². The van der Waals surface area contributed by atoms with Crippen molar-refractivity contribution in [3.63, 3.8) is 0 Å². The highest BCUT2D eigenvalue weighted by Crippen LogP contribution is 2.10. The Balaban J connectivity index is 3.08. The molecule has 0 heterocycles. The third kappa shape index (κ3) is 15.0. The highest BCUT2D eigenvalue weighted by Gasteiger charge is 1.97. The Bertz CT molecular complexity index is 233. The van der Waals surface area contributed by atoms with E-state index in [4.69, 9.17) is 0 Å². The predicted molar refractivity (Wildman–Crippen MR) is 83.9 cm³/mol. The third-order valence-corrected chi connectivity index (χ3v) is 3.36. The first-order valence-electron chi connectivity index (χ1n) is 8.26. The second kappa shape index (κ2) is 16.0. The summed E-state index contributed by atoms with van der Waals surface area (Å²) in [4.78, 5) is 21.3. The molecule has 0 bridgehead atoms. The fourth-order valence-corrected chi connectivity index (χ4v) is 2.12. The van der Waals surface area contributed by atoms with Crippen LogP contribution >= 0.6 is 0 Å². The molecule has 0 aromatic heterocycles. The normalized spacial score (nSPS) is 10.2. The zero-order valence-electron chi connectivity index (χ0n) is 13.1. The number of amides is 2. The maximum Gasteiger partial charge on any atom is 0.314 e. The number of carbonyl (C=O) groups is 2. The maximum atomic E-state index is 11.2. The van der Waals surface area contributed by atoms with Crippen molar-refractivity contribution in [1.29, 1.82) is 0 Å². The van der Waals surface area contributed by atoms with Gasteiger partial charge in [0.05, 0.1) is 0 Å². The Morgan fingerprint density at radius 3 is 1.85 bits per heavy atom. The number of hydrogen-bond donors (Lipinski definition) is 2. The molecule has 2 amide bonds. The van der Waals surface area contributed by atoms with Crippen LogP contribution < -0.4 is 10.6 Å². The molecule has 20 heavy (non-hydrogen) atoms. The number of urea groups is 1. The van der Waals surface area contributed by atoms with Gasteiger partial charge in [0, 0.05) is 19.5 Å². The van der Waals surface area contributed by atoms with Crippen LogP contribution in [0.4, 0.5) is 4.79 Å². The highest BCUT2D eigenvalue weighted by molar-refractivity contribution is 5.74. The number of nitrogens with one attached hydrogen (secondary N) is 2. The lowest BCUT2D eigenvalue weighted by molar-refractivity contribution is -0.107. The molecule has 2 N–H and O–H groups in total. The monoisotopic (exact) mass is 284 g/mol. The van der Waals surface area contributed by atoms with Gasteiger partial charge < -0.3 is 15.4 Å². The maximum absolute atomic E-state index is 11.2. The summed E-state index contributed by atoms with van der Waals surface area (Å²) in [5.74, 6) is 0. The second-order valence-corrected chi connectivity index (χ2v) is 5.32. The van der Waals surface area contributed by atoms with Crippen molar-refractivity contribution in [2.24, 2.45) is 0 Å². The molecule has 0 spiro atoms. The first-order valence-corrected chi connectivity index (χ1v) is 8.26. The second-order valence-electron chi connectivity index (χ2n) is 5.32. The summed E-state index contributed by atoms with van der Waals surface area (Å²) in [6, 6.07) is -0.164. The summed E-state index contributed by atoms with van der Waals surface area (Å²) in [5, 5.41) is 5.44. The average molecular weight is 284 g/mol. The van der Waals surface area contributed by atoms with Crippen molar-refractivity contribution in [2.75, 3.05) is 13.1 Å². The summed E-state index contributed by atoms with van der Waals surface area (Å²) >= 11 is 0. The van der Waals surface area contributed by atoms with Gasteiger partial charge >= 0.3 is 6.03 Å². The summed E-state index contributed by atoms with van der Waals surface area (Å²) in [6.45, 7) is 3.40. The van der Waals surface area contributed by atoms with Crippen LogP contribution in [0, 0.1) is 0 Å². The van der Waals surface area contributed by atoms with Gasteiger partial charge in [0.2, 0.25) is 0 Å². The standard InChI is InChI=1S/C16H32N2O2/c1-2-3-4-5-6-7-8-9-10-11-13-17-16(20)18-14-12-15-19/h15H,2-14H2,1H3,(H2,17,18,20). The molecule has 0 aliphatic carbocycles. The molecule has 0 saturated carbocycles. The van der Waals surface area contributed by atoms with Gasteiger partial charge in [-0.15, -0.1) is 0 Å². The lowest BCUT2D eigenvalue weighted by Crippen LogP contribution is -2.36. The van der Waals surface area contributed by atoms with E-state index in [0.29, 0.717) is 13.0 Å². The minimum absolute atomic E-state index is 0.164. The Morgan fingerprint density at radius 2 is 1.30 bits per heavy atom. The minimum atomic E-state index is -0.164. The summed E-state index contributed by atoms with van der Waals surface area (Å²) in [6.07, 6.45) is 14.2. The van der Waals surface area contributed by atoms with Gasteiger partial charge in [0.25, 0.3) is 0 Å². The van der Waals surface area contributed by atoms with Crippen LogP contribution in [0.2, 0.25) is 0 Å². The van der Waals surface area contributed by atoms with E-state index in [9.17, 15) is 9.59 Å². The Morgan fingerprint density at radius 1 is 0.800 bits per heavy atom. The van der Waals surface area contributed by atoms with E-state index in [1.807, 2.05) is 0 Å². The summed E-state index contributed by atoms with van der Waals surface area (Å²) in [7, 11) is 0. The number of aldehydes is 1. The fourth-order valence-electron chi connectivity index (χ4n) is 2.12. The van der Waals surface area contributed by atoms with E-state index in [-0.39, 0.29) is 6.03 Å². The fraction of sp³-hybridized carbons (Fsp3) is 0.875. The highest BCUT2D eigenvalue weighted by atomic mass is 16.2. The Hall–Kier alpha value is -1.06. The lowest BCUT2D eigenvalue weighted by Gasteiger charge is -2.06. The molecule has 0 saturated heterocycles. The molecule has 0 aliphatic rings. The zero-order valence-corrected chi connectivity index (χ0v) is 13.1. The molecule has 0 unspecified atom stereocenters. The van der Waals surface area contributed by atoms with Gasteiger partial charge in [-0.25, -0.2) is 4.79 Å². The molecule has 0 fully saturated rings. The Labute approximate surface area is 124 Å². The molecule has 4 nitrogen and oxygen atoms in total. The van der Waals surface area contributed by atoms with Crippen LogP contribution in [0.1, 0.15) is 77.6 Å². The van der Waals surface area contributed by atoms with Crippen LogP contribution in [-0.4, -0.2) is 25.4 Å². The van der Waals surface area contributed by atoms with E-state index < -0.39 is 0 Å². The molecule has 0 aromatic rings. The first kappa shape index (κ1) is 18.9. The minimum Gasteiger partial charge on any atom is -0.338 e. The average Bonchev–Trinajstić information content (AvgIpc) is 2.45. The van der Waals surface area contributed by atoms with Crippen molar-refractivity contribution in [1.82, 2.24) is 10.6 Å². The summed E-state index contributed by atoms with van der Waals surface area (Å²) < 4.78 is 0. The van der Waals surface area contributed by atoms with Gasteiger partial charge in [-0.05, 0) is 6.42 Å². The van der Waals surface area contributed by atoms with Crippen LogP contribution in [0.25, 0.3) is 0 Å². The topological polar surface area (TPSA) is 58.2 Å². The lowest BCUT2D eigenvalue weighted by atomic mass is 10.1. The van der Waals surface area contributed by atoms with Gasteiger partial charge in [-0.2, -0.15) is 0 Å². The number of carbonyl (C=O) groups excluding carboxylic acids is 2. The van der Waals surface area contributed by atoms with E-state index in [0.717, 1.165) is 19.3 Å². The van der Waals surface area contributed by atoms with Gasteiger partial charge in [-0.3, -0.25) is 0 Å². The van der Waals surface area contributed by atoms with E-state index in [2.05, 4.69) is 17.6 Å². The van der Waals surface area contributed by atoms with E-state index in [1.165, 1.54) is 57.8 Å². The summed E-state index contributed by atoms with van der Waals surface area (Å²) in [5.41, 5.74) is 0. The van der Waals surface area contributed by atoms with E-state index >= 15 is 0 Å². The quantitative estimate of drug-likeness (QED) is 0.376. The molecular formula is C16H32N2O2. The number of hydrogen-bond acceptors (Lipinski definition) is 2. The predicted octanol–water partition coefficient (Wildman–Crippen LogP) is 3.80. The molecule has 0 atom stereocenters. The zero-order chi connectivity index (χ0) is 14.9. The van der Waals surface area contributed by atoms with Crippen molar-refractivity contribution in [2.45, 2.75) is 77.6 Å². The smallest absolute Gasteiger partial charge is 0.314 e. The molecular weight excluding hydrogens is 252 g/mol. The molecule has 0 radical (unpaired) electrons. The van der Waals surface area contributed by atoms with E-state index in [1.54, 1.807) is 0 Å².